The first kappa shape index (κ1) is 15.3. The van der Waals surface area contributed by atoms with E-state index < -0.39 is 11.9 Å². The number of morpholine rings is 1. The summed E-state index contributed by atoms with van der Waals surface area (Å²) in [5, 5.41) is 9.31. The Hall–Kier alpha value is -1.10. The maximum atomic E-state index is 12.7. The molecule has 1 saturated carbocycles. The van der Waals surface area contributed by atoms with E-state index in [2.05, 4.69) is 0 Å². The molecule has 0 spiro atoms. The van der Waals surface area contributed by atoms with Crippen molar-refractivity contribution in [3.8, 4) is 0 Å². The lowest BCUT2D eigenvalue weighted by Crippen LogP contribution is -2.55. The highest BCUT2D eigenvalue weighted by atomic mass is 16.5. The minimum Gasteiger partial charge on any atom is -0.481 e. The van der Waals surface area contributed by atoms with Gasteiger partial charge < -0.3 is 14.7 Å². The molecule has 2 fully saturated rings. The number of carboxylic acid groups (broad SMARTS) is 1. The summed E-state index contributed by atoms with van der Waals surface area (Å²) in [6, 6.07) is 0. The second-order valence-corrected chi connectivity index (χ2v) is 7.03. The van der Waals surface area contributed by atoms with Gasteiger partial charge in [0.2, 0.25) is 5.91 Å². The predicted molar refractivity (Wildman–Crippen MR) is 74.2 cm³/mol. The van der Waals surface area contributed by atoms with E-state index >= 15 is 0 Å². The summed E-state index contributed by atoms with van der Waals surface area (Å²) in [7, 11) is 0. The van der Waals surface area contributed by atoms with Gasteiger partial charge in [-0.25, -0.2) is 0 Å². The molecule has 1 N–H and O–H groups in total. The lowest BCUT2D eigenvalue weighted by atomic mass is 9.93. The third-order valence-corrected chi connectivity index (χ3v) is 4.31. The molecule has 114 valence electrons. The summed E-state index contributed by atoms with van der Waals surface area (Å²) >= 11 is 0. The second kappa shape index (κ2) is 5.35. The van der Waals surface area contributed by atoms with Crippen molar-refractivity contribution in [1.82, 2.24) is 4.90 Å². The number of hydrogen-bond acceptors (Lipinski definition) is 3. The average molecular weight is 283 g/mol. The SMILES string of the molecule is CC1CC(C(=O)O)C(C(=O)N2CC(C)OC(C)(C)C2)C1. The van der Waals surface area contributed by atoms with Gasteiger partial charge in [-0.15, -0.1) is 0 Å². The number of carbonyl (C=O) groups is 2. The maximum absolute atomic E-state index is 12.7. The van der Waals surface area contributed by atoms with Crippen LogP contribution in [-0.2, 0) is 14.3 Å². The monoisotopic (exact) mass is 283 g/mol. The van der Waals surface area contributed by atoms with Crippen LogP contribution in [0.4, 0.5) is 0 Å². The lowest BCUT2D eigenvalue weighted by Gasteiger charge is -2.42. The molecule has 1 saturated heterocycles. The van der Waals surface area contributed by atoms with Crippen LogP contribution in [0.15, 0.2) is 0 Å². The van der Waals surface area contributed by atoms with E-state index in [1.54, 1.807) is 4.90 Å². The molecule has 1 amide bonds. The molecule has 2 aliphatic rings. The maximum Gasteiger partial charge on any atom is 0.307 e. The smallest absolute Gasteiger partial charge is 0.307 e. The predicted octanol–water partition coefficient (Wildman–Crippen LogP) is 1.76. The molecule has 4 unspecified atom stereocenters. The Morgan fingerprint density at radius 2 is 1.80 bits per heavy atom. The van der Waals surface area contributed by atoms with Gasteiger partial charge in [-0.3, -0.25) is 9.59 Å². The summed E-state index contributed by atoms with van der Waals surface area (Å²) in [5.74, 6) is -1.45. The Bertz CT molecular complexity index is 407. The van der Waals surface area contributed by atoms with E-state index in [-0.39, 0.29) is 23.5 Å². The van der Waals surface area contributed by atoms with Gasteiger partial charge >= 0.3 is 5.97 Å². The molecule has 1 aliphatic heterocycles. The first-order chi connectivity index (χ1) is 9.19. The minimum atomic E-state index is -0.840. The highest BCUT2D eigenvalue weighted by Gasteiger charge is 2.45. The number of ether oxygens (including phenoxy) is 1. The number of carbonyl (C=O) groups excluding carboxylic acids is 1. The van der Waals surface area contributed by atoms with Crippen LogP contribution in [-0.4, -0.2) is 46.7 Å². The highest BCUT2D eigenvalue weighted by molar-refractivity contribution is 5.85. The van der Waals surface area contributed by atoms with Gasteiger partial charge in [0.15, 0.2) is 0 Å². The van der Waals surface area contributed by atoms with E-state index in [1.807, 2.05) is 27.7 Å². The van der Waals surface area contributed by atoms with Crippen molar-refractivity contribution in [3.05, 3.63) is 0 Å². The molecule has 2 rings (SSSR count). The topological polar surface area (TPSA) is 66.8 Å². The standard InChI is InChI=1S/C15H25NO4/c1-9-5-11(12(6-9)14(18)19)13(17)16-7-10(2)20-15(3,4)8-16/h9-12H,5-8H2,1-4H3,(H,18,19). The average Bonchev–Trinajstić information content (AvgIpc) is 2.67. The van der Waals surface area contributed by atoms with Crippen LogP contribution in [0.3, 0.4) is 0 Å². The van der Waals surface area contributed by atoms with Gasteiger partial charge in [0.25, 0.3) is 0 Å². The Balaban J connectivity index is 2.12. The molecule has 5 nitrogen and oxygen atoms in total. The molecule has 0 aromatic heterocycles. The van der Waals surface area contributed by atoms with Gasteiger partial charge in [-0.05, 0) is 39.5 Å². The number of hydrogen-bond donors (Lipinski definition) is 1. The van der Waals surface area contributed by atoms with Crippen molar-refractivity contribution in [2.24, 2.45) is 17.8 Å². The van der Waals surface area contributed by atoms with Crippen LogP contribution < -0.4 is 0 Å². The van der Waals surface area contributed by atoms with Crippen molar-refractivity contribution >= 4 is 11.9 Å². The van der Waals surface area contributed by atoms with Crippen molar-refractivity contribution in [1.29, 1.82) is 0 Å². The van der Waals surface area contributed by atoms with Crippen LogP contribution in [0.1, 0.15) is 40.5 Å². The number of rotatable bonds is 2. The molecule has 20 heavy (non-hydrogen) atoms. The summed E-state index contributed by atoms with van der Waals surface area (Å²) in [6.07, 6.45) is 1.28. The highest BCUT2D eigenvalue weighted by Crippen LogP contribution is 2.38. The third-order valence-electron chi connectivity index (χ3n) is 4.31. The number of nitrogens with zero attached hydrogens (tertiary/aromatic N) is 1. The van der Waals surface area contributed by atoms with Crippen molar-refractivity contribution in [2.45, 2.75) is 52.2 Å². The first-order valence-electron chi connectivity index (χ1n) is 7.39. The Labute approximate surface area is 120 Å². The zero-order chi connectivity index (χ0) is 15.1. The fraction of sp³-hybridized carbons (Fsp3) is 0.867. The van der Waals surface area contributed by atoms with Crippen molar-refractivity contribution in [3.63, 3.8) is 0 Å². The van der Waals surface area contributed by atoms with Gasteiger partial charge in [0, 0.05) is 13.1 Å². The van der Waals surface area contributed by atoms with Gasteiger partial charge in [-0.2, -0.15) is 0 Å². The van der Waals surface area contributed by atoms with Crippen LogP contribution in [0.25, 0.3) is 0 Å². The van der Waals surface area contributed by atoms with Crippen LogP contribution in [0.5, 0.6) is 0 Å². The normalized spacial score (nSPS) is 36.9. The van der Waals surface area contributed by atoms with Crippen LogP contribution >= 0.6 is 0 Å². The van der Waals surface area contributed by atoms with Gasteiger partial charge in [0.1, 0.15) is 0 Å². The van der Waals surface area contributed by atoms with Crippen molar-refractivity contribution < 1.29 is 19.4 Å². The molecule has 4 atom stereocenters. The quantitative estimate of drug-likeness (QED) is 0.838. The molecule has 1 aliphatic carbocycles. The first-order valence-corrected chi connectivity index (χ1v) is 7.39. The fourth-order valence-electron chi connectivity index (χ4n) is 3.69. The van der Waals surface area contributed by atoms with E-state index in [4.69, 9.17) is 4.74 Å². The third kappa shape index (κ3) is 3.14. The minimum absolute atomic E-state index is 0.00928. The van der Waals surface area contributed by atoms with Crippen LogP contribution in [0, 0.1) is 17.8 Å². The molecular formula is C15H25NO4. The zero-order valence-corrected chi connectivity index (χ0v) is 12.8. The number of carboxylic acids is 1. The molecular weight excluding hydrogens is 258 g/mol. The molecule has 0 radical (unpaired) electrons. The van der Waals surface area contributed by atoms with Crippen molar-refractivity contribution in [2.75, 3.05) is 13.1 Å². The van der Waals surface area contributed by atoms with E-state index in [0.717, 1.165) is 0 Å². The number of aliphatic carboxylic acids is 1. The summed E-state index contributed by atoms with van der Waals surface area (Å²) in [4.78, 5) is 25.8. The van der Waals surface area contributed by atoms with E-state index in [9.17, 15) is 14.7 Å². The zero-order valence-electron chi connectivity index (χ0n) is 12.8. The Kier molecular flexibility index (Phi) is 4.09. The molecule has 0 bridgehead atoms. The molecule has 0 aromatic rings. The summed E-state index contributed by atoms with van der Waals surface area (Å²) in [5.41, 5.74) is -0.365. The largest absolute Gasteiger partial charge is 0.481 e. The Morgan fingerprint density at radius 3 is 2.35 bits per heavy atom. The molecule has 5 heteroatoms. The van der Waals surface area contributed by atoms with Gasteiger partial charge in [-0.1, -0.05) is 6.92 Å². The molecule has 1 heterocycles. The second-order valence-electron chi connectivity index (χ2n) is 7.03. The number of amides is 1. The van der Waals surface area contributed by atoms with E-state index in [0.29, 0.717) is 31.8 Å². The Morgan fingerprint density at radius 1 is 1.20 bits per heavy atom. The lowest BCUT2D eigenvalue weighted by molar-refractivity contribution is -0.165. The summed E-state index contributed by atoms with van der Waals surface area (Å²) in [6.45, 7) is 9.00. The fourth-order valence-corrected chi connectivity index (χ4v) is 3.69. The van der Waals surface area contributed by atoms with Crippen LogP contribution in [0.2, 0.25) is 0 Å². The van der Waals surface area contributed by atoms with E-state index in [1.165, 1.54) is 0 Å². The molecule has 0 aromatic carbocycles. The van der Waals surface area contributed by atoms with Gasteiger partial charge in [0.05, 0.1) is 23.5 Å². The summed E-state index contributed by atoms with van der Waals surface area (Å²) < 4.78 is 5.80.